The fourth-order valence-corrected chi connectivity index (χ4v) is 9.82. The van der Waals surface area contributed by atoms with Crippen LogP contribution in [0.5, 0.6) is 5.75 Å². The number of carbonyl (C=O) groups excluding carboxylic acids is 3. The lowest BCUT2D eigenvalue weighted by Crippen LogP contribution is -2.59. The minimum Gasteiger partial charge on any atom is -0.483 e. The molecule has 7 rings (SSSR count). The van der Waals surface area contributed by atoms with Gasteiger partial charge in [0.25, 0.3) is 5.91 Å². The maximum Gasteiger partial charge on any atom is 0.407 e. The number of hydrogen-bond acceptors (Lipinski definition) is 8. The van der Waals surface area contributed by atoms with Gasteiger partial charge in [-0.3, -0.25) is 24.0 Å². The summed E-state index contributed by atoms with van der Waals surface area (Å²) in [7, 11) is -3.99. The van der Waals surface area contributed by atoms with Gasteiger partial charge in [0.2, 0.25) is 21.8 Å². The number of aromatic nitrogens is 1. The van der Waals surface area contributed by atoms with Gasteiger partial charge in [-0.15, -0.1) is 0 Å². The van der Waals surface area contributed by atoms with Crippen molar-refractivity contribution in [3.8, 4) is 5.75 Å². The van der Waals surface area contributed by atoms with Crippen LogP contribution in [0.4, 0.5) is 4.79 Å². The molecule has 1 aromatic heterocycles. The van der Waals surface area contributed by atoms with Gasteiger partial charge in [0, 0.05) is 29.8 Å². The maximum absolute atomic E-state index is 14.9. The van der Waals surface area contributed by atoms with E-state index in [9.17, 15) is 32.7 Å². The van der Waals surface area contributed by atoms with Gasteiger partial charge < -0.3 is 20.1 Å². The maximum atomic E-state index is 14.9. The highest BCUT2D eigenvalue weighted by atomic mass is 32.2. The van der Waals surface area contributed by atoms with E-state index in [1.807, 2.05) is 57.2 Å². The number of para-hydroxylation sites is 1. The average molecular weight is 750 g/mol. The first kappa shape index (κ1) is 37.1. The molecular formula is C39H51N5O8S. The summed E-state index contributed by atoms with van der Waals surface area (Å²) in [6.45, 7) is 7.45. The number of nitrogens with one attached hydrogen (secondary N) is 2. The molecule has 2 aliphatic carbocycles. The van der Waals surface area contributed by atoms with Gasteiger partial charge in [-0.1, -0.05) is 57.0 Å². The molecule has 13 nitrogen and oxygen atoms in total. The van der Waals surface area contributed by atoms with Crippen LogP contribution in [-0.4, -0.2) is 93.2 Å². The van der Waals surface area contributed by atoms with Crippen molar-refractivity contribution in [3.63, 3.8) is 0 Å². The zero-order chi connectivity index (χ0) is 37.9. The molecule has 1 spiro atoms. The van der Waals surface area contributed by atoms with E-state index in [4.69, 9.17) is 9.72 Å². The van der Waals surface area contributed by atoms with Crippen LogP contribution in [0.25, 0.3) is 10.9 Å². The van der Waals surface area contributed by atoms with Crippen LogP contribution in [0, 0.1) is 18.8 Å². The van der Waals surface area contributed by atoms with E-state index in [2.05, 4.69) is 10.0 Å². The molecule has 2 aromatic rings. The quantitative estimate of drug-likeness (QED) is 0.357. The fraction of sp³-hybridized carbons (Fsp3) is 0.615. The highest BCUT2D eigenvalue weighted by Gasteiger charge is 2.64. The highest BCUT2D eigenvalue weighted by Crippen LogP contribution is 2.49. The number of fused-ring (bicyclic) bond motifs is 5. The Morgan fingerprint density at radius 2 is 1.89 bits per heavy atom. The molecule has 2 saturated carbocycles. The molecule has 3 fully saturated rings. The van der Waals surface area contributed by atoms with Crippen LogP contribution in [0.1, 0.15) is 96.2 Å². The zero-order valence-corrected chi connectivity index (χ0v) is 31.8. The molecule has 0 unspecified atom stereocenters. The summed E-state index contributed by atoms with van der Waals surface area (Å²) in [5, 5.41) is 14.3. The molecule has 3 N–H and O–H groups in total. The molecular weight excluding hydrogens is 699 g/mol. The van der Waals surface area contributed by atoms with Gasteiger partial charge in [-0.25, -0.2) is 18.2 Å². The molecule has 286 valence electrons. The van der Waals surface area contributed by atoms with Gasteiger partial charge >= 0.3 is 6.09 Å². The largest absolute Gasteiger partial charge is 0.483 e. The van der Waals surface area contributed by atoms with Crippen LogP contribution in [0.2, 0.25) is 0 Å². The Hall–Kier alpha value is -4.20. The standard InChI is InChI=1S/C39H51N5O8S/c1-24(2)22-43(36(48)49)30-15-9-7-5-6-8-12-26-20-39(26,35(47)42-53(50,51)37(4)18-19-37)41-33(45)31-21-38(23-44(31)34(30)46)17-16-28-27-13-10-11-14-29(27)40-25(3)32(28)52-38/h8,10-14,24,26,30-31H,5-7,9,15-23H2,1-4H3,(H,41,45)(H,42,47)(H,48,49)/b12-8-/t26-,30+,31+,38-,39-/m1/s1. The summed E-state index contributed by atoms with van der Waals surface area (Å²) in [5.74, 6) is -1.72. The van der Waals surface area contributed by atoms with Crippen LogP contribution in [-0.2, 0) is 30.8 Å². The predicted octanol–water partition coefficient (Wildman–Crippen LogP) is 4.61. The number of amides is 4. The number of rotatable bonds is 6. The van der Waals surface area contributed by atoms with E-state index in [1.165, 1.54) is 9.80 Å². The third-order valence-electron chi connectivity index (χ3n) is 12.0. The Bertz CT molecular complexity index is 1980. The third-order valence-corrected chi connectivity index (χ3v) is 14.2. The molecule has 53 heavy (non-hydrogen) atoms. The fourth-order valence-electron chi connectivity index (χ4n) is 8.51. The Kier molecular flexibility index (Phi) is 9.51. The molecule has 4 heterocycles. The predicted molar refractivity (Wildman–Crippen MR) is 198 cm³/mol. The van der Waals surface area contributed by atoms with Crippen molar-refractivity contribution in [1.29, 1.82) is 0 Å². The minimum atomic E-state index is -3.99. The Balaban J connectivity index is 1.26. The van der Waals surface area contributed by atoms with Crippen molar-refractivity contribution >= 4 is 44.7 Å². The zero-order valence-electron chi connectivity index (χ0n) is 31.0. The van der Waals surface area contributed by atoms with Crippen LogP contribution >= 0.6 is 0 Å². The third kappa shape index (κ3) is 6.87. The second kappa shape index (κ2) is 13.6. The lowest BCUT2D eigenvalue weighted by Gasteiger charge is -2.37. The lowest BCUT2D eigenvalue weighted by molar-refractivity contribution is -0.143. The van der Waals surface area contributed by atoms with E-state index in [0.29, 0.717) is 56.4 Å². The van der Waals surface area contributed by atoms with E-state index in [0.717, 1.165) is 29.3 Å². The van der Waals surface area contributed by atoms with Crippen LogP contribution in [0.15, 0.2) is 36.4 Å². The van der Waals surface area contributed by atoms with E-state index < -0.39 is 67.7 Å². The summed E-state index contributed by atoms with van der Waals surface area (Å²) >= 11 is 0. The summed E-state index contributed by atoms with van der Waals surface area (Å²) in [5.41, 5.74) is 0.0653. The van der Waals surface area contributed by atoms with Gasteiger partial charge in [-0.05, 0) is 77.2 Å². The number of pyridine rings is 1. The number of benzene rings is 1. The number of carbonyl (C=O) groups is 4. The van der Waals surface area contributed by atoms with Crippen LogP contribution < -0.4 is 14.8 Å². The molecule has 0 bridgehead atoms. The first-order valence-electron chi connectivity index (χ1n) is 19.0. The van der Waals surface area contributed by atoms with Crippen molar-refractivity contribution in [2.24, 2.45) is 11.8 Å². The van der Waals surface area contributed by atoms with Gasteiger partial charge in [0.1, 0.15) is 29.0 Å². The van der Waals surface area contributed by atoms with Crippen molar-refractivity contribution in [2.45, 2.75) is 126 Å². The number of sulfonamides is 1. The average Bonchev–Trinajstić information content (AvgIpc) is 3.99. The second-order valence-electron chi connectivity index (χ2n) is 16.6. The van der Waals surface area contributed by atoms with Crippen molar-refractivity contribution in [1.82, 2.24) is 24.8 Å². The number of hydrogen-bond donors (Lipinski definition) is 3. The smallest absolute Gasteiger partial charge is 0.407 e. The molecule has 14 heteroatoms. The summed E-state index contributed by atoms with van der Waals surface area (Å²) in [6.07, 6.45) is 8.07. The Labute approximate surface area is 310 Å². The van der Waals surface area contributed by atoms with Crippen molar-refractivity contribution in [2.75, 3.05) is 13.1 Å². The Morgan fingerprint density at radius 3 is 2.60 bits per heavy atom. The van der Waals surface area contributed by atoms with Gasteiger partial charge in [0.15, 0.2) is 0 Å². The first-order chi connectivity index (χ1) is 25.1. The monoisotopic (exact) mass is 749 g/mol. The second-order valence-corrected chi connectivity index (χ2v) is 18.8. The molecule has 5 aliphatic rings. The van der Waals surface area contributed by atoms with Gasteiger partial charge in [-0.2, -0.15) is 0 Å². The number of nitrogens with zero attached hydrogens (tertiary/aromatic N) is 3. The minimum absolute atomic E-state index is 0.0382. The Morgan fingerprint density at radius 1 is 1.13 bits per heavy atom. The lowest BCUT2D eigenvalue weighted by atomic mass is 9.87. The molecule has 5 atom stereocenters. The number of aryl methyl sites for hydroxylation is 2. The normalized spacial score (nSPS) is 30.2. The van der Waals surface area contributed by atoms with E-state index in [1.54, 1.807) is 6.92 Å². The molecule has 1 saturated heterocycles. The summed E-state index contributed by atoms with van der Waals surface area (Å²) < 4.78 is 34.5. The van der Waals surface area contributed by atoms with E-state index in [-0.39, 0.29) is 31.8 Å². The number of ether oxygens (including phenoxy) is 1. The van der Waals surface area contributed by atoms with Gasteiger partial charge in [0.05, 0.1) is 22.5 Å². The molecule has 4 amide bonds. The molecule has 1 aromatic carbocycles. The SMILES string of the molecule is Cc1nc2ccccc2c2c1O[C@]1(CC2)C[C@H]2C(=O)N[C@]3(C(=O)NS(=O)(=O)C4(C)CC4)C[C@H]3/C=C\CCCCC[C@H](N(CC(C)C)C(=O)O)C(=O)N2C1. The summed E-state index contributed by atoms with van der Waals surface area (Å²) in [4.78, 5) is 63.6. The van der Waals surface area contributed by atoms with Crippen LogP contribution in [0.3, 0.4) is 0 Å². The van der Waals surface area contributed by atoms with Crippen molar-refractivity contribution < 1.29 is 37.4 Å². The topological polar surface area (TPSA) is 175 Å². The van der Waals surface area contributed by atoms with E-state index >= 15 is 0 Å². The summed E-state index contributed by atoms with van der Waals surface area (Å²) in [6, 6.07) is 5.71. The molecule has 3 aliphatic heterocycles. The number of allylic oxidation sites excluding steroid dienone is 1. The first-order valence-corrected chi connectivity index (χ1v) is 20.5. The highest BCUT2D eigenvalue weighted by molar-refractivity contribution is 7.91. The number of carboxylic acid groups (broad SMARTS) is 1. The van der Waals surface area contributed by atoms with Crippen molar-refractivity contribution in [3.05, 3.63) is 47.7 Å². The molecule has 0 radical (unpaired) electrons.